The molecule has 0 aliphatic rings. The predicted molar refractivity (Wildman–Crippen MR) is 47.7 cm³/mol. The van der Waals surface area contributed by atoms with Crippen LogP contribution in [0.15, 0.2) is 16.7 Å². The number of nitrogens with zero attached hydrogens (tertiary/aromatic N) is 1. The summed E-state index contributed by atoms with van der Waals surface area (Å²) in [7, 11) is 0. The lowest BCUT2D eigenvalue weighted by atomic mass is 10.4. The Kier molecular flexibility index (Phi) is 3.03. The van der Waals surface area contributed by atoms with Crippen molar-refractivity contribution in [3.8, 4) is 5.75 Å². The molecule has 0 amide bonds. The molecule has 1 rings (SSSR count). The monoisotopic (exact) mass is 233 g/mol. The number of hydrogen-bond acceptors (Lipinski definition) is 2. The summed E-state index contributed by atoms with van der Waals surface area (Å²) >= 11 is 3.06. The van der Waals surface area contributed by atoms with E-state index in [1.165, 1.54) is 0 Å². The molecule has 1 aromatic heterocycles. The van der Waals surface area contributed by atoms with Crippen LogP contribution in [-0.4, -0.2) is 11.1 Å². The van der Waals surface area contributed by atoms with Crippen LogP contribution in [0.2, 0.25) is 0 Å². The summed E-state index contributed by atoms with van der Waals surface area (Å²) in [6.07, 6.45) is -0.0394. The van der Waals surface area contributed by atoms with Crippen molar-refractivity contribution in [2.75, 3.05) is 0 Å². The maximum absolute atomic E-state index is 12.9. The van der Waals surface area contributed by atoms with E-state index in [-0.39, 0.29) is 11.9 Å². The van der Waals surface area contributed by atoms with Crippen LogP contribution in [0, 0.1) is 5.95 Å². The van der Waals surface area contributed by atoms with Gasteiger partial charge in [0.25, 0.3) is 5.95 Å². The Morgan fingerprint density at radius 1 is 1.50 bits per heavy atom. The van der Waals surface area contributed by atoms with Crippen molar-refractivity contribution in [2.45, 2.75) is 20.0 Å². The van der Waals surface area contributed by atoms with Gasteiger partial charge in [-0.3, -0.25) is 0 Å². The largest absolute Gasteiger partial charge is 0.486 e. The Morgan fingerprint density at radius 3 is 2.67 bits per heavy atom. The molecule has 4 heteroatoms. The molecule has 2 nitrogen and oxygen atoms in total. The molecule has 0 saturated heterocycles. The zero-order valence-corrected chi connectivity index (χ0v) is 8.43. The van der Waals surface area contributed by atoms with Crippen molar-refractivity contribution < 1.29 is 9.13 Å². The molecule has 0 aliphatic carbocycles. The third-order valence-electron chi connectivity index (χ3n) is 1.14. The number of ether oxygens (including phenoxy) is 1. The molecule has 0 radical (unpaired) electrons. The topological polar surface area (TPSA) is 22.1 Å². The summed E-state index contributed by atoms with van der Waals surface area (Å²) in [5, 5.41) is 0. The number of halogens is 2. The third-order valence-corrected chi connectivity index (χ3v) is 1.58. The minimum absolute atomic E-state index is 0.0394. The van der Waals surface area contributed by atoms with Crippen LogP contribution in [0.25, 0.3) is 0 Å². The van der Waals surface area contributed by atoms with E-state index in [0.717, 1.165) is 0 Å². The van der Waals surface area contributed by atoms with Crippen molar-refractivity contribution in [3.63, 3.8) is 0 Å². The van der Waals surface area contributed by atoms with Crippen LogP contribution in [0.5, 0.6) is 5.75 Å². The first-order valence-corrected chi connectivity index (χ1v) is 4.37. The Balaban J connectivity index is 2.86. The van der Waals surface area contributed by atoms with Gasteiger partial charge in [-0.25, -0.2) is 4.98 Å². The quantitative estimate of drug-likeness (QED) is 0.734. The molecular weight excluding hydrogens is 225 g/mol. The average molecular weight is 234 g/mol. The Morgan fingerprint density at radius 2 is 2.17 bits per heavy atom. The van der Waals surface area contributed by atoms with Gasteiger partial charge in [-0.1, -0.05) is 0 Å². The molecule has 0 fully saturated rings. The predicted octanol–water partition coefficient (Wildman–Crippen LogP) is 2.77. The summed E-state index contributed by atoms with van der Waals surface area (Å²) < 4.78 is 18.6. The molecule has 0 bridgehead atoms. The second-order valence-electron chi connectivity index (χ2n) is 2.59. The van der Waals surface area contributed by atoms with Crippen molar-refractivity contribution in [2.24, 2.45) is 0 Å². The fourth-order valence-electron chi connectivity index (χ4n) is 0.741. The van der Waals surface area contributed by atoms with Gasteiger partial charge in [-0.2, -0.15) is 4.39 Å². The van der Waals surface area contributed by atoms with Crippen molar-refractivity contribution in [3.05, 3.63) is 22.7 Å². The lowest BCUT2D eigenvalue weighted by Crippen LogP contribution is -2.07. The van der Waals surface area contributed by atoms with E-state index in [9.17, 15) is 4.39 Å². The van der Waals surface area contributed by atoms with Crippen LogP contribution in [0.4, 0.5) is 4.39 Å². The molecule has 0 N–H and O–H groups in total. The van der Waals surface area contributed by atoms with E-state index in [2.05, 4.69) is 20.9 Å². The summed E-state index contributed by atoms with van der Waals surface area (Å²) in [5.74, 6) is -0.397. The molecule has 1 aromatic rings. The second-order valence-corrected chi connectivity index (χ2v) is 3.40. The van der Waals surface area contributed by atoms with Gasteiger partial charge >= 0.3 is 0 Å². The van der Waals surface area contributed by atoms with Crippen molar-refractivity contribution in [1.29, 1.82) is 0 Å². The maximum Gasteiger partial charge on any atom is 0.256 e. The lowest BCUT2D eigenvalue weighted by molar-refractivity contribution is 0.228. The van der Waals surface area contributed by atoms with Gasteiger partial charge < -0.3 is 4.74 Å². The fourth-order valence-corrected chi connectivity index (χ4v) is 1.03. The molecule has 0 saturated carbocycles. The Bertz CT molecular complexity index is 278. The van der Waals surface area contributed by atoms with Gasteiger partial charge in [0.2, 0.25) is 0 Å². The number of pyridine rings is 1. The van der Waals surface area contributed by atoms with E-state index in [4.69, 9.17) is 4.74 Å². The van der Waals surface area contributed by atoms with Gasteiger partial charge in [-0.05, 0) is 41.9 Å². The van der Waals surface area contributed by atoms with Crippen LogP contribution in [-0.2, 0) is 0 Å². The average Bonchev–Trinajstić information content (AvgIpc) is 1.94. The van der Waals surface area contributed by atoms with E-state index < -0.39 is 5.95 Å². The van der Waals surface area contributed by atoms with Crippen LogP contribution in [0.3, 0.4) is 0 Å². The molecule has 0 unspecified atom stereocenters. The zero-order valence-electron chi connectivity index (χ0n) is 6.84. The van der Waals surface area contributed by atoms with E-state index in [1.807, 2.05) is 13.8 Å². The summed E-state index contributed by atoms with van der Waals surface area (Å²) in [6, 6.07) is 3.19. The normalized spacial score (nSPS) is 10.4. The summed E-state index contributed by atoms with van der Waals surface area (Å²) in [5.41, 5.74) is 0. The van der Waals surface area contributed by atoms with Crippen molar-refractivity contribution in [1.82, 2.24) is 4.98 Å². The zero-order chi connectivity index (χ0) is 9.14. The summed E-state index contributed by atoms with van der Waals surface area (Å²) in [4.78, 5) is 3.55. The number of aromatic nitrogens is 1. The van der Waals surface area contributed by atoms with Gasteiger partial charge in [-0.15, -0.1) is 0 Å². The molecule has 66 valence electrons. The molecule has 0 atom stereocenters. The van der Waals surface area contributed by atoms with E-state index in [0.29, 0.717) is 4.60 Å². The molecule has 0 aliphatic heterocycles. The minimum atomic E-state index is -0.585. The van der Waals surface area contributed by atoms with Crippen LogP contribution < -0.4 is 4.74 Å². The van der Waals surface area contributed by atoms with Gasteiger partial charge in [0, 0.05) is 0 Å². The summed E-state index contributed by atoms with van der Waals surface area (Å²) in [6.45, 7) is 3.67. The lowest BCUT2D eigenvalue weighted by Gasteiger charge is -2.09. The fraction of sp³-hybridized carbons (Fsp3) is 0.375. The highest BCUT2D eigenvalue weighted by Crippen LogP contribution is 2.18. The molecule has 0 spiro atoms. The molecule has 12 heavy (non-hydrogen) atoms. The Labute approximate surface area is 78.9 Å². The molecular formula is C8H9BrFNO. The Hall–Kier alpha value is -0.640. The highest BCUT2D eigenvalue weighted by atomic mass is 79.9. The first-order chi connectivity index (χ1) is 5.59. The molecule has 1 heterocycles. The van der Waals surface area contributed by atoms with Crippen LogP contribution >= 0.6 is 15.9 Å². The van der Waals surface area contributed by atoms with E-state index >= 15 is 0 Å². The highest BCUT2D eigenvalue weighted by molar-refractivity contribution is 9.10. The molecule has 0 aromatic carbocycles. The van der Waals surface area contributed by atoms with Gasteiger partial charge in [0.15, 0.2) is 5.75 Å². The van der Waals surface area contributed by atoms with E-state index in [1.54, 1.807) is 12.1 Å². The first-order valence-electron chi connectivity index (χ1n) is 3.58. The minimum Gasteiger partial charge on any atom is -0.486 e. The number of rotatable bonds is 2. The SMILES string of the molecule is CC(C)Oc1ccc(Br)nc1F. The third kappa shape index (κ3) is 2.44. The van der Waals surface area contributed by atoms with Gasteiger partial charge in [0.1, 0.15) is 4.60 Å². The first kappa shape index (κ1) is 9.45. The maximum atomic E-state index is 12.9. The van der Waals surface area contributed by atoms with Crippen molar-refractivity contribution >= 4 is 15.9 Å². The standard InChI is InChI=1S/C8H9BrFNO/c1-5(2)12-6-3-4-7(9)11-8(6)10/h3-5H,1-2H3. The number of hydrogen-bond donors (Lipinski definition) is 0. The van der Waals surface area contributed by atoms with Gasteiger partial charge in [0.05, 0.1) is 6.10 Å². The van der Waals surface area contributed by atoms with Crippen LogP contribution in [0.1, 0.15) is 13.8 Å². The highest BCUT2D eigenvalue weighted by Gasteiger charge is 2.06. The smallest absolute Gasteiger partial charge is 0.256 e. The second kappa shape index (κ2) is 3.85.